The smallest absolute Gasteiger partial charge is 0.407 e. The Bertz CT molecular complexity index is 361. The quantitative estimate of drug-likeness (QED) is 0.412. The summed E-state index contributed by atoms with van der Waals surface area (Å²) in [6.45, 7) is 13.7. The van der Waals surface area contributed by atoms with E-state index in [2.05, 4.69) is 5.32 Å². The van der Waals surface area contributed by atoms with E-state index in [4.69, 9.17) is 23.7 Å². The van der Waals surface area contributed by atoms with Crippen LogP contribution in [0.4, 0.5) is 4.79 Å². The van der Waals surface area contributed by atoms with Crippen molar-refractivity contribution in [3.63, 3.8) is 0 Å². The zero-order valence-corrected chi connectivity index (χ0v) is 17.0. The summed E-state index contributed by atoms with van der Waals surface area (Å²) < 4.78 is 26.2. The summed E-state index contributed by atoms with van der Waals surface area (Å²) in [7, 11) is 0. The molecule has 0 radical (unpaired) electrons. The highest BCUT2D eigenvalue weighted by molar-refractivity contribution is 5.69. The number of carbonyl (C=O) groups excluding carboxylic acids is 2. The first-order chi connectivity index (χ1) is 12.0. The zero-order chi connectivity index (χ0) is 20.1. The van der Waals surface area contributed by atoms with Crippen molar-refractivity contribution in [2.24, 2.45) is 0 Å². The molecule has 0 aromatic rings. The minimum atomic E-state index is -0.506. The fourth-order valence-corrected chi connectivity index (χ4v) is 1.63. The summed E-state index contributed by atoms with van der Waals surface area (Å²) >= 11 is 0. The number of hydrogen-bond acceptors (Lipinski definition) is 7. The third kappa shape index (κ3) is 19.0. The van der Waals surface area contributed by atoms with E-state index in [1.807, 2.05) is 41.5 Å². The number of nitrogens with one attached hydrogen (secondary N) is 1. The van der Waals surface area contributed by atoms with E-state index in [0.29, 0.717) is 46.2 Å². The van der Waals surface area contributed by atoms with Crippen LogP contribution in [-0.4, -0.2) is 69.5 Å². The predicted molar refractivity (Wildman–Crippen MR) is 97.2 cm³/mol. The highest BCUT2D eigenvalue weighted by Gasteiger charge is 2.16. The summed E-state index contributed by atoms with van der Waals surface area (Å²) in [4.78, 5) is 22.8. The van der Waals surface area contributed by atoms with Gasteiger partial charge in [-0.25, -0.2) is 4.79 Å². The van der Waals surface area contributed by atoms with Crippen LogP contribution in [0.15, 0.2) is 0 Å². The third-order valence-corrected chi connectivity index (χ3v) is 2.53. The summed E-state index contributed by atoms with van der Waals surface area (Å²) in [6, 6.07) is 0. The van der Waals surface area contributed by atoms with Gasteiger partial charge in [-0.3, -0.25) is 4.79 Å². The molecule has 0 bridgehead atoms. The predicted octanol–water partition coefficient (Wildman–Crippen LogP) is 2.29. The Morgan fingerprint density at radius 2 is 1.15 bits per heavy atom. The molecule has 0 aliphatic heterocycles. The van der Waals surface area contributed by atoms with Crippen molar-refractivity contribution in [3.8, 4) is 0 Å². The molecule has 154 valence electrons. The first kappa shape index (κ1) is 24.6. The van der Waals surface area contributed by atoms with Crippen LogP contribution >= 0.6 is 0 Å². The van der Waals surface area contributed by atoms with Gasteiger partial charge < -0.3 is 29.0 Å². The van der Waals surface area contributed by atoms with Crippen molar-refractivity contribution in [1.82, 2.24) is 5.32 Å². The van der Waals surface area contributed by atoms with Crippen molar-refractivity contribution >= 4 is 12.1 Å². The second-order valence-electron chi connectivity index (χ2n) is 7.60. The normalized spacial score (nSPS) is 11.9. The standard InChI is InChI=1S/C18H35NO7/c1-17(2,3)25-15(20)7-9-22-11-13-24-14-12-23-10-8-19-16(21)26-18(4,5)6/h7-14H2,1-6H3,(H,19,21). The van der Waals surface area contributed by atoms with Gasteiger partial charge in [-0.05, 0) is 41.5 Å². The number of carbonyl (C=O) groups is 2. The Balaban J connectivity index is 3.32. The molecular weight excluding hydrogens is 342 g/mol. The maximum Gasteiger partial charge on any atom is 0.407 e. The summed E-state index contributed by atoms with van der Waals surface area (Å²) in [6.07, 6.45) is -0.230. The van der Waals surface area contributed by atoms with Crippen LogP contribution in [0.1, 0.15) is 48.0 Å². The molecule has 0 saturated heterocycles. The van der Waals surface area contributed by atoms with Gasteiger partial charge in [0.2, 0.25) is 0 Å². The van der Waals surface area contributed by atoms with E-state index in [0.717, 1.165) is 0 Å². The molecule has 0 unspecified atom stereocenters. The first-order valence-electron chi connectivity index (χ1n) is 8.91. The minimum Gasteiger partial charge on any atom is -0.460 e. The second-order valence-corrected chi connectivity index (χ2v) is 7.60. The molecule has 1 N–H and O–H groups in total. The third-order valence-electron chi connectivity index (χ3n) is 2.53. The monoisotopic (exact) mass is 377 g/mol. The highest BCUT2D eigenvalue weighted by Crippen LogP contribution is 2.08. The number of rotatable bonds is 12. The van der Waals surface area contributed by atoms with Crippen molar-refractivity contribution < 1.29 is 33.3 Å². The fraction of sp³-hybridized carbons (Fsp3) is 0.889. The lowest BCUT2D eigenvalue weighted by Gasteiger charge is -2.19. The molecule has 1 amide bonds. The van der Waals surface area contributed by atoms with E-state index in [9.17, 15) is 9.59 Å². The lowest BCUT2D eigenvalue weighted by atomic mass is 10.2. The Labute approximate surface area is 156 Å². The number of hydrogen-bond donors (Lipinski definition) is 1. The molecule has 0 aromatic carbocycles. The number of alkyl carbamates (subject to hydrolysis) is 1. The molecule has 0 fully saturated rings. The molecule has 0 aliphatic carbocycles. The number of esters is 1. The van der Waals surface area contributed by atoms with Crippen molar-refractivity contribution in [3.05, 3.63) is 0 Å². The van der Waals surface area contributed by atoms with Crippen molar-refractivity contribution in [2.45, 2.75) is 59.2 Å². The van der Waals surface area contributed by atoms with Crippen LogP contribution in [0.3, 0.4) is 0 Å². The van der Waals surface area contributed by atoms with Gasteiger partial charge in [-0.2, -0.15) is 0 Å². The maximum atomic E-state index is 11.4. The van der Waals surface area contributed by atoms with Gasteiger partial charge in [0, 0.05) is 6.54 Å². The molecule has 0 aliphatic rings. The molecule has 0 rings (SSSR count). The molecule has 0 aromatic heterocycles. The van der Waals surface area contributed by atoms with Crippen LogP contribution in [0.2, 0.25) is 0 Å². The molecule has 8 nitrogen and oxygen atoms in total. The Morgan fingerprint density at radius 1 is 0.692 bits per heavy atom. The number of amides is 1. The summed E-state index contributed by atoms with van der Waals surface area (Å²) in [5, 5.41) is 2.60. The molecule has 8 heteroatoms. The van der Waals surface area contributed by atoms with Gasteiger partial charge in [0.1, 0.15) is 11.2 Å². The van der Waals surface area contributed by atoms with E-state index >= 15 is 0 Å². The number of ether oxygens (including phenoxy) is 5. The largest absolute Gasteiger partial charge is 0.460 e. The van der Waals surface area contributed by atoms with Crippen LogP contribution < -0.4 is 5.32 Å². The van der Waals surface area contributed by atoms with Crippen molar-refractivity contribution in [2.75, 3.05) is 46.2 Å². The average molecular weight is 377 g/mol. The molecule has 0 spiro atoms. The highest BCUT2D eigenvalue weighted by atomic mass is 16.6. The topological polar surface area (TPSA) is 92.3 Å². The van der Waals surface area contributed by atoms with E-state index in [-0.39, 0.29) is 12.4 Å². The van der Waals surface area contributed by atoms with Crippen LogP contribution in [-0.2, 0) is 28.5 Å². The zero-order valence-electron chi connectivity index (χ0n) is 17.0. The van der Waals surface area contributed by atoms with Gasteiger partial charge in [-0.15, -0.1) is 0 Å². The minimum absolute atomic E-state index is 0.227. The van der Waals surface area contributed by atoms with Gasteiger partial charge in [-0.1, -0.05) is 0 Å². The second kappa shape index (κ2) is 12.9. The first-order valence-corrected chi connectivity index (χ1v) is 8.91. The maximum absolute atomic E-state index is 11.4. The summed E-state index contributed by atoms with van der Waals surface area (Å²) in [5.74, 6) is -0.271. The van der Waals surface area contributed by atoms with Crippen LogP contribution in [0, 0.1) is 0 Å². The van der Waals surface area contributed by atoms with Gasteiger partial charge in [0.15, 0.2) is 0 Å². The fourth-order valence-electron chi connectivity index (χ4n) is 1.63. The molecule has 0 heterocycles. The van der Waals surface area contributed by atoms with Crippen LogP contribution in [0.5, 0.6) is 0 Å². The van der Waals surface area contributed by atoms with Crippen molar-refractivity contribution in [1.29, 1.82) is 0 Å². The lowest BCUT2D eigenvalue weighted by Crippen LogP contribution is -2.34. The van der Waals surface area contributed by atoms with E-state index < -0.39 is 17.3 Å². The Morgan fingerprint density at radius 3 is 1.65 bits per heavy atom. The Hall–Kier alpha value is -1.38. The SMILES string of the molecule is CC(C)(C)OC(=O)CCOCCOCCOCCNC(=O)OC(C)(C)C. The molecule has 26 heavy (non-hydrogen) atoms. The van der Waals surface area contributed by atoms with Gasteiger partial charge in [0.05, 0.1) is 46.1 Å². The molecule has 0 saturated carbocycles. The van der Waals surface area contributed by atoms with Crippen LogP contribution in [0.25, 0.3) is 0 Å². The molecule has 0 atom stereocenters. The average Bonchev–Trinajstić information content (AvgIpc) is 2.44. The lowest BCUT2D eigenvalue weighted by molar-refractivity contribution is -0.156. The van der Waals surface area contributed by atoms with Gasteiger partial charge in [0.25, 0.3) is 0 Å². The van der Waals surface area contributed by atoms with E-state index in [1.54, 1.807) is 0 Å². The summed E-state index contributed by atoms with van der Waals surface area (Å²) in [5.41, 5.74) is -0.976. The molecular formula is C18H35NO7. The van der Waals surface area contributed by atoms with Gasteiger partial charge >= 0.3 is 12.1 Å². The van der Waals surface area contributed by atoms with E-state index in [1.165, 1.54) is 0 Å². The Kier molecular flexibility index (Phi) is 12.2.